The molecule has 26 heavy (non-hydrogen) atoms. The summed E-state index contributed by atoms with van der Waals surface area (Å²) in [6, 6.07) is 4.80. The van der Waals surface area contributed by atoms with Crippen LogP contribution in [-0.4, -0.2) is 62.0 Å². The van der Waals surface area contributed by atoms with Crippen molar-refractivity contribution < 1.29 is 26.4 Å². The molecule has 1 aromatic carbocycles. The van der Waals surface area contributed by atoms with E-state index in [0.717, 1.165) is 6.07 Å². The molecule has 0 atom stereocenters. The molecule has 6 nitrogen and oxygen atoms in total. The first-order valence-corrected chi connectivity index (χ1v) is 9.90. The predicted molar refractivity (Wildman–Crippen MR) is 92.2 cm³/mol. The van der Waals surface area contributed by atoms with Gasteiger partial charge in [0.2, 0.25) is 15.9 Å². The maximum Gasteiger partial charge on any atom is 0.418 e. The largest absolute Gasteiger partial charge is 0.418 e. The lowest BCUT2D eigenvalue weighted by Gasteiger charge is -2.21. The number of carbonyl (C=O) groups excluding carboxylic acids is 1. The van der Waals surface area contributed by atoms with E-state index in [1.807, 2.05) is 0 Å². The highest BCUT2D eigenvalue weighted by atomic mass is 32.2. The molecular formula is C16H22F3N3O3S. The maximum atomic E-state index is 13.0. The molecule has 1 aromatic rings. The molecule has 0 bridgehead atoms. The molecule has 1 aliphatic rings. The highest BCUT2D eigenvalue weighted by Gasteiger charge is 2.33. The summed E-state index contributed by atoms with van der Waals surface area (Å²) in [5.74, 6) is -0.546. The van der Waals surface area contributed by atoms with Crippen LogP contribution in [0.25, 0.3) is 0 Å². The average molecular weight is 393 g/mol. The Morgan fingerprint density at radius 1 is 1.15 bits per heavy atom. The Labute approximate surface area is 151 Å². The van der Waals surface area contributed by atoms with Gasteiger partial charge in [0.15, 0.2) is 0 Å². The van der Waals surface area contributed by atoms with Gasteiger partial charge in [0.1, 0.15) is 0 Å². The summed E-state index contributed by atoms with van der Waals surface area (Å²) in [5.41, 5.74) is -1.18. The van der Waals surface area contributed by atoms with Gasteiger partial charge in [-0.05, 0) is 32.0 Å². The van der Waals surface area contributed by atoms with Crippen molar-refractivity contribution in [3.05, 3.63) is 29.8 Å². The molecule has 0 spiro atoms. The number of anilines is 1. The fraction of sp³-hybridized carbons (Fsp3) is 0.562. The Morgan fingerprint density at radius 2 is 1.85 bits per heavy atom. The molecule has 0 aliphatic carbocycles. The Balaban J connectivity index is 1.97. The zero-order valence-corrected chi connectivity index (χ0v) is 15.2. The number of carbonyl (C=O) groups is 1. The average Bonchev–Trinajstić information content (AvgIpc) is 2.80. The zero-order valence-electron chi connectivity index (χ0n) is 14.4. The SMILES string of the molecule is CCS(=O)(=O)N1CCCN(CC(=O)Nc2ccccc2C(F)(F)F)CC1. The number of hydrogen-bond acceptors (Lipinski definition) is 4. The number of rotatable bonds is 5. The topological polar surface area (TPSA) is 69.7 Å². The third-order valence-corrected chi connectivity index (χ3v) is 6.06. The zero-order chi connectivity index (χ0) is 19.4. The minimum absolute atomic E-state index is 0.0156. The summed E-state index contributed by atoms with van der Waals surface area (Å²) in [6.45, 7) is 2.99. The van der Waals surface area contributed by atoms with Crippen molar-refractivity contribution >= 4 is 21.6 Å². The van der Waals surface area contributed by atoms with Gasteiger partial charge in [-0.25, -0.2) is 12.7 Å². The molecule has 1 N–H and O–H groups in total. The lowest BCUT2D eigenvalue weighted by molar-refractivity contribution is -0.137. The Bertz CT molecular complexity index is 738. The molecule has 0 aromatic heterocycles. The van der Waals surface area contributed by atoms with Crippen LogP contribution < -0.4 is 5.32 Å². The minimum Gasteiger partial charge on any atom is -0.324 e. The monoisotopic (exact) mass is 393 g/mol. The first kappa shape index (κ1) is 20.7. The molecule has 2 rings (SSSR count). The third kappa shape index (κ3) is 5.42. The van der Waals surface area contributed by atoms with Crippen LogP contribution in [0, 0.1) is 0 Å². The third-order valence-electron chi connectivity index (χ3n) is 4.18. The number of benzene rings is 1. The number of hydrogen-bond donors (Lipinski definition) is 1. The highest BCUT2D eigenvalue weighted by Crippen LogP contribution is 2.34. The van der Waals surface area contributed by atoms with Crippen molar-refractivity contribution in [1.82, 2.24) is 9.21 Å². The Hall–Kier alpha value is -1.65. The summed E-state index contributed by atoms with van der Waals surface area (Å²) in [4.78, 5) is 13.9. The van der Waals surface area contributed by atoms with E-state index in [1.54, 1.807) is 11.8 Å². The Morgan fingerprint density at radius 3 is 2.50 bits per heavy atom. The van der Waals surface area contributed by atoms with Gasteiger partial charge in [-0.3, -0.25) is 9.69 Å². The van der Waals surface area contributed by atoms with Gasteiger partial charge in [-0.2, -0.15) is 13.2 Å². The number of nitrogens with zero attached hydrogens (tertiary/aromatic N) is 2. The Kier molecular flexibility index (Phi) is 6.64. The summed E-state index contributed by atoms with van der Waals surface area (Å²) < 4.78 is 64.2. The first-order chi connectivity index (χ1) is 12.1. The first-order valence-electron chi connectivity index (χ1n) is 8.29. The normalized spacial score (nSPS) is 17.7. The second-order valence-corrected chi connectivity index (χ2v) is 8.28. The lowest BCUT2D eigenvalue weighted by Crippen LogP contribution is -2.38. The molecule has 146 valence electrons. The van der Waals surface area contributed by atoms with Crippen molar-refractivity contribution in [2.24, 2.45) is 0 Å². The van der Waals surface area contributed by atoms with Gasteiger partial charge in [-0.1, -0.05) is 12.1 Å². The van der Waals surface area contributed by atoms with E-state index in [9.17, 15) is 26.4 Å². The van der Waals surface area contributed by atoms with Crippen molar-refractivity contribution in [1.29, 1.82) is 0 Å². The maximum absolute atomic E-state index is 13.0. The van der Waals surface area contributed by atoms with Gasteiger partial charge in [0.25, 0.3) is 0 Å². The summed E-state index contributed by atoms with van der Waals surface area (Å²) in [6.07, 6.45) is -3.99. The summed E-state index contributed by atoms with van der Waals surface area (Å²) >= 11 is 0. The number of alkyl halides is 3. The van der Waals surface area contributed by atoms with E-state index in [1.165, 1.54) is 22.5 Å². The number of halogens is 3. The summed E-state index contributed by atoms with van der Waals surface area (Å²) in [7, 11) is -3.29. The van der Waals surface area contributed by atoms with Crippen molar-refractivity contribution in [2.45, 2.75) is 19.5 Å². The highest BCUT2D eigenvalue weighted by molar-refractivity contribution is 7.89. The summed E-state index contributed by atoms with van der Waals surface area (Å²) in [5, 5.41) is 2.30. The number of nitrogens with one attached hydrogen (secondary N) is 1. The van der Waals surface area contributed by atoms with Crippen molar-refractivity contribution in [2.75, 3.05) is 43.8 Å². The number of sulfonamides is 1. The molecule has 1 aliphatic heterocycles. The van der Waals surface area contributed by atoms with Crippen LogP contribution in [0.4, 0.5) is 18.9 Å². The van der Waals surface area contributed by atoms with E-state index in [-0.39, 0.29) is 24.5 Å². The standard InChI is InChI=1S/C16H22F3N3O3S/c1-2-26(24,25)22-9-5-8-21(10-11-22)12-15(23)20-14-7-4-3-6-13(14)16(17,18)19/h3-4,6-7H,2,5,8-12H2,1H3,(H,20,23). The van der Waals surface area contributed by atoms with E-state index in [2.05, 4.69) is 5.32 Å². The van der Waals surface area contributed by atoms with Gasteiger partial charge in [0, 0.05) is 19.6 Å². The molecule has 10 heteroatoms. The lowest BCUT2D eigenvalue weighted by atomic mass is 10.1. The van der Waals surface area contributed by atoms with Gasteiger partial charge < -0.3 is 5.32 Å². The van der Waals surface area contributed by atoms with Crippen molar-refractivity contribution in [3.8, 4) is 0 Å². The van der Waals surface area contributed by atoms with E-state index < -0.39 is 27.7 Å². The molecule has 1 amide bonds. The molecule has 0 radical (unpaired) electrons. The van der Waals surface area contributed by atoms with Crippen LogP contribution in [0.3, 0.4) is 0 Å². The van der Waals surface area contributed by atoms with Gasteiger partial charge >= 0.3 is 6.18 Å². The van der Waals surface area contributed by atoms with E-state index in [0.29, 0.717) is 26.1 Å². The molecule has 1 heterocycles. The second kappa shape index (κ2) is 8.36. The van der Waals surface area contributed by atoms with Crippen molar-refractivity contribution in [3.63, 3.8) is 0 Å². The van der Waals surface area contributed by atoms with Crippen LogP contribution in [0.1, 0.15) is 18.9 Å². The molecule has 0 unspecified atom stereocenters. The quantitative estimate of drug-likeness (QED) is 0.831. The molecule has 0 saturated carbocycles. The molecule has 1 saturated heterocycles. The van der Waals surface area contributed by atoms with Crippen LogP contribution in [0.5, 0.6) is 0 Å². The van der Waals surface area contributed by atoms with Crippen LogP contribution in [0.2, 0.25) is 0 Å². The molecule has 1 fully saturated rings. The smallest absolute Gasteiger partial charge is 0.324 e. The van der Waals surface area contributed by atoms with Gasteiger partial charge in [0.05, 0.1) is 23.5 Å². The number of para-hydroxylation sites is 1. The van der Waals surface area contributed by atoms with Gasteiger partial charge in [-0.15, -0.1) is 0 Å². The van der Waals surface area contributed by atoms with Crippen LogP contribution in [-0.2, 0) is 21.0 Å². The van der Waals surface area contributed by atoms with Crippen LogP contribution >= 0.6 is 0 Å². The molecular weight excluding hydrogens is 371 g/mol. The predicted octanol–water partition coefficient (Wildman–Crippen LogP) is 2.00. The van der Waals surface area contributed by atoms with E-state index >= 15 is 0 Å². The number of amides is 1. The van der Waals surface area contributed by atoms with E-state index in [4.69, 9.17) is 0 Å². The minimum atomic E-state index is -4.55. The second-order valence-electron chi connectivity index (χ2n) is 6.02. The van der Waals surface area contributed by atoms with Crippen LogP contribution in [0.15, 0.2) is 24.3 Å². The fourth-order valence-electron chi connectivity index (χ4n) is 2.80. The fourth-order valence-corrected chi connectivity index (χ4v) is 3.93.